The van der Waals surface area contributed by atoms with E-state index in [2.05, 4.69) is 0 Å². The highest BCUT2D eigenvalue weighted by Crippen LogP contribution is 2.53. The Morgan fingerprint density at radius 3 is 1.65 bits per heavy atom. The van der Waals surface area contributed by atoms with Gasteiger partial charge in [-0.05, 0) is 12.8 Å². The Labute approximate surface area is 107 Å². The summed E-state index contributed by atoms with van der Waals surface area (Å²) in [7, 11) is 0. The molecule has 0 unspecified atom stereocenters. The van der Waals surface area contributed by atoms with E-state index in [1.807, 2.05) is 0 Å². The Morgan fingerprint density at radius 2 is 1.35 bits per heavy atom. The predicted molar refractivity (Wildman–Crippen MR) is 49.6 cm³/mol. The zero-order valence-electron chi connectivity index (χ0n) is 9.92. The minimum atomic E-state index is -6.98. The van der Waals surface area contributed by atoms with E-state index in [-0.39, 0.29) is 12.8 Å². The number of oxime groups is 1. The average molecular weight is 319 g/mol. The summed E-state index contributed by atoms with van der Waals surface area (Å²) in [6.45, 7) is 1.41. The summed E-state index contributed by atoms with van der Waals surface area (Å²) in [6, 6.07) is 0. The molecule has 0 fully saturated rings. The molecule has 0 aromatic rings. The molecule has 0 rings (SSSR count). The van der Waals surface area contributed by atoms with Crippen LogP contribution in [0.2, 0.25) is 0 Å². The topological polar surface area (TPSA) is 32.6 Å². The lowest BCUT2D eigenvalue weighted by atomic mass is 9.96. The highest BCUT2D eigenvalue weighted by molar-refractivity contribution is 5.91. The molecule has 0 aliphatic rings. The molecular formula is C9H10F9NO. The van der Waals surface area contributed by atoms with Crippen molar-refractivity contribution in [3.63, 3.8) is 0 Å². The number of hydrogen-bond acceptors (Lipinski definition) is 2. The Kier molecular flexibility index (Phi) is 5.35. The first-order valence-corrected chi connectivity index (χ1v) is 5.19. The monoisotopic (exact) mass is 319 g/mol. The van der Waals surface area contributed by atoms with Crippen LogP contribution in [0, 0.1) is 0 Å². The highest BCUT2D eigenvalue weighted by Gasteiger charge is 2.82. The maximum Gasteiger partial charge on any atom is 0.460 e. The zero-order valence-corrected chi connectivity index (χ0v) is 9.92. The second kappa shape index (κ2) is 5.68. The zero-order chi connectivity index (χ0) is 16.4. The van der Waals surface area contributed by atoms with Gasteiger partial charge in [-0.15, -0.1) is 0 Å². The quantitative estimate of drug-likeness (QED) is 0.333. The number of nitrogens with zero attached hydrogens (tertiary/aromatic N) is 1. The molecule has 0 saturated heterocycles. The molecule has 120 valence electrons. The fourth-order valence-corrected chi connectivity index (χ4v) is 1.17. The van der Waals surface area contributed by atoms with Crippen LogP contribution in [-0.2, 0) is 0 Å². The molecule has 20 heavy (non-hydrogen) atoms. The van der Waals surface area contributed by atoms with Crippen molar-refractivity contribution in [2.24, 2.45) is 5.16 Å². The van der Waals surface area contributed by atoms with Crippen LogP contribution >= 0.6 is 0 Å². The fourth-order valence-electron chi connectivity index (χ4n) is 1.17. The van der Waals surface area contributed by atoms with E-state index in [1.165, 1.54) is 6.92 Å². The molecule has 0 bridgehead atoms. The molecule has 11 heteroatoms. The van der Waals surface area contributed by atoms with E-state index in [0.717, 1.165) is 0 Å². The van der Waals surface area contributed by atoms with Crippen molar-refractivity contribution in [1.29, 1.82) is 0 Å². The molecule has 1 N–H and O–H groups in total. The van der Waals surface area contributed by atoms with Gasteiger partial charge in [-0.3, -0.25) is 0 Å². The van der Waals surface area contributed by atoms with Crippen LogP contribution in [0.1, 0.15) is 26.2 Å². The maximum atomic E-state index is 13.2. The second-order valence-electron chi connectivity index (χ2n) is 3.87. The number of unbranched alkanes of at least 4 members (excludes halogenated alkanes) is 1. The Hall–Kier alpha value is -1.16. The number of halogens is 9. The van der Waals surface area contributed by atoms with Gasteiger partial charge < -0.3 is 5.21 Å². The molecule has 2 nitrogen and oxygen atoms in total. The van der Waals surface area contributed by atoms with Gasteiger partial charge in [-0.25, -0.2) is 0 Å². The standard InChI is InChI=1S/C9H10F9NO/c1-2-3-4-5(19-20)6(10,11)7(12,13)8(14,15)9(16,17)18/h20H,2-4H2,1H3/b19-5-. The van der Waals surface area contributed by atoms with Crippen molar-refractivity contribution in [2.75, 3.05) is 0 Å². The van der Waals surface area contributed by atoms with Gasteiger partial charge in [0.2, 0.25) is 0 Å². The van der Waals surface area contributed by atoms with Crippen molar-refractivity contribution in [3.05, 3.63) is 0 Å². The molecule has 0 amide bonds. The Balaban J connectivity index is 5.67. The van der Waals surface area contributed by atoms with Crippen LogP contribution in [0.3, 0.4) is 0 Å². The summed E-state index contributed by atoms with van der Waals surface area (Å²) < 4.78 is 113. The molecule has 0 aromatic heterocycles. The number of alkyl halides is 9. The van der Waals surface area contributed by atoms with Crippen molar-refractivity contribution in [3.8, 4) is 0 Å². The maximum absolute atomic E-state index is 13.2. The summed E-state index contributed by atoms with van der Waals surface area (Å²) in [5, 5.41) is 9.91. The Bertz CT molecular complexity index is 361. The first kappa shape index (κ1) is 18.8. The molecule has 0 radical (unpaired) electrons. The summed E-state index contributed by atoms with van der Waals surface area (Å²) in [4.78, 5) is 0. The van der Waals surface area contributed by atoms with E-state index in [0.29, 0.717) is 0 Å². The van der Waals surface area contributed by atoms with E-state index >= 15 is 0 Å². The number of rotatable bonds is 6. The molecule has 0 aromatic carbocycles. The molecular weight excluding hydrogens is 309 g/mol. The summed E-state index contributed by atoms with van der Waals surface area (Å²) >= 11 is 0. The average Bonchev–Trinajstić information content (AvgIpc) is 2.27. The van der Waals surface area contributed by atoms with Gasteiger partial charge in [-0.1, -0.05) is 18.5 Å². The molecule has 0 saturated carbocycles. The lowest BCUT2D eigenvalue weighted by Crippen LogP contribution is -2.63. The van der Waals surface area contributed by atoms with Crippen LogP contribution in [-0.4, -0.2) is 34.9 Å². The first-order valence-electron chi connectivity index (χ1n) is 5.19. The third-order valence-corrected chi connectivity index (χ3v) is 2.39. The van der Waals surface area contributed by atoms with E-state index in [1.54, 1.807) is 5.16 Å². The smallest absolute Gasteiger partial charge is 0.411 e. The van der Waals surface area contributed by atoms with E-state index in [4.69, 9.17) is 5.21 Å². The largest absolute Gasteiger partial charge is 0.460 e. The van der Waals surface area contributed by atoms with Crippen molar-refractivity contribution in [1.82, 2.24) is 0 Å². The molecule has 0 aliphatic carbocycles. The SMILES string of the molecule is CCCC/C(=N/O)C(F)(F)C(F)(F)C(F)(F)C(F)(F)F. The van der Waals surface area contributed by atoms with Gasteiger partial charge in [0.15, 0.2) is 0 Å². The van der Waals surface area contributed by atoms with Crippen LogP contribution < -0.4 is 0 Å². The van der Waals surface area contributed by atoms with Crippen LogP contribution in [0.5, 0.6) is 0 Å². The van der Waals surface area contributed by atoms with Gasteiger partial charge in [0, 0.05) is 0 Å². The minimum Gasteiger partial charge on any atom is -0.411 e. The molecule has 0 heterocycles. The van der Waals surface area contributed by atoms with Gasteiger partial charge in [0.25, 0.3) is 0 Å². The molecule has 0 aliphatic heterocycles. The normalized spacial score (nSPS) is 15.6. The fraction of sp³-hybridized carbons (Fsp3) is 0.889. The first-order chi connectivity index (χ1) is 8.77. The van der Waals surface area contributed by atoms with Gasteiger partial charge in [0.05, 0.1) is 0 Å². The lowest BCUT2D eigenvalue weighted by molar-refractivity contribution is -0.385. The summed E-state index contributed by atoms with van der Waals surface area (Å²) in [6.07, 6.45) is -8.06. The minimum absolute atomic E-state index is 0.135. The second-order valence-corrected chi connectivity index (χ2v) is 3.87. The Morgan fingerprint density at radius 1 is 0.900 bits per heavy atom. The van der Waals surface area contributed by atoms with Crippen molar-refractivity contribution in [2.45, 2.75) is 50.1 Å². The molecule has 0 spiro atoms. The third-order valence-electron chi connectivity index (χ3n) is 2.39. The number of hydrogen-bond donors (Lipinski definition) is 1. The van der Waals surface area contributed by atoms with E-state index in [9.17, 15) is 39.5 Å². The van der Waals surface area contributed by atoms with Crippen molar-refractivity contribution < 1.29 is 44.7 Å². The van der Waals surface area contributed by atoms with Crippen molar-refractivity contribution >= 4 is 5.71 Å². The van der Waals surface area contributed by atoms with Crippen LogP contribution in [0.25, 0.3) is 0 Å². The van der Waals surface area contributed by atoms with Crippen LogP contribution in [0.4, 0.5) is 39.5 Å². The van der Waals surface area contributed by atoms with E-state index < -0.39 is 36.1 Å². The summed E-state index contributed by atoms with van der Waals surface area (Å²) in [5.41, 5.74) is -2.13. The van der Waals surface area contributed by atoms with Gasteiger partial charge >= 0.3 is 23.9 Å². The predicted octanol–water partition coefficient (Wildman–Crippen LogP) is 4.48. The summed E-state index contributed by atoms with van der Waals surface area (Å²) in [5.74, 6) is -19.7. The molecule has 0 atom stereocenters. The third kappa shape index (κ3) is 2.95. The highest BCUT2D eigenvalue weighted by atomic mass is 19.4. The van der Waals surface area contributed by atoms with Gasteiger partial charge in [-0.2, -0.15) is 39.5 Å². The van der Waals surface area contributed by atoms with Crippen LogP contribution in [0.15, 0.2) is 5.16 Å². The lowest BCUT2D eigenvalue weighted by Gasteiger charge is -2.33. The van der Waals surface area contributed by atoms with Gasteiger partial charge in [0.1, 0.15) is 5.71 Å².